The van der Waals surface area contributed by atoms with Crippen LogP contribution >= 0.6 is 0 Å². The third-order valence-corrected chi connectivity index (χ3v) is 12.8. The van der Waals surface area contributed by atoms with Gasteiger partial charge in [-0.15, -0.1) is 0 Å². The van der Waals surface area contributed by atoms with Crippen molar-refractivity contribution in [1.29, 1.82) is 0 Å². The average molecular weight is 772 g/mol. The Bertz CT molecular complexity index is 3090. The summed E-state index contributed by atoms with van der Waals surface area (Å²) in [6.45, 7) is 0. The molecule has 60 heavy (non-hydrogen) atoms. The Morgan fingerprint density at radius 2 is 0.967 bits per heavy atom. The van der Waals surface area contributed by atoms with Gasteiger partial charge in [0, 0.05) is 34.1 Å². The van der Waals surface area contributed by atoms with Gasteiger partial charge in [0.25, 0.3) is 0 Å². The first-order valence-corrected chi connectivity index (χ1v) is 21.4. The summed E-state index contributed by atoms with van der Waals surface area (Å²) in [6, 6.07) is 78.1. The summed E-state index contributed by atoms with van der Waals surface area (Å²) >= 11 is 0. The van der Waals surface area contributed by atoms with Crippen molar-refractivity contribution in [3.05, 3.63) is 218 Å². The summed E-state index contributed by atoms with van der Waals surface area (Å²) < 4.78 is 6.23. The van der Waals surface area contributed by atoms with E-state index >= 15 is 0 Å². The molecule has 2 nitrogen and oxygen atoms in total. The minimum absolute atomic E-state index is 0.334. The average Bonchev–Trinajstić information content (AvgIpc) is 3.71. The fraction of sp³-hybridized carbons (Fsp3) is 0.103. The molecule has 0 aliphatic heterocycles. The lowest BCUT2D eigenvalue weighted by molar-refractivity contribution is 0.381. The highest BCUT2D eigenvalue weighted by atomic mass is 16.3. The summed E-state index contributed by atoms with van der Waals surface area (Å²) in [6.07, 6.45) is 4.82. The Labute approximate surface area is 352 Å². The molecule has 0 N–H and O–H groups in total. The number of hydrogen-bond donors (Lipinski definition) is 0. The van der Waals surface area contributed by atoms with Crippen LogP contribution in [0.5, 0.6) is 0 Å². The van der Waals surface area contributed by atoms with Gasteiger partial charge in [0.1, 0.15) is 11.2 Å². The molecular weight excluding hydrogens is 727 g/mol. The molecule has 1 aromatic heterocycles. The first-order valence-electron chi connectivity index (χ1n) is 21.4. The number of furan rings is 1. The third kappa shape index (κ3) is 6.65. The third-order valence-electron chi connectivity index (χ3n) is 12.8. The topological polar surface area (TPSA) is 16.4 Å². The minimum Gasteiger partial charge on any atom is -0.456 e. The van der Waals surface area contributed by atoms with Crippen LogP contribution < -0.4 is 4.90 Å². The predicted octanol–water partition coefficient (Wildman–Crippen LogP) is 16.3. The monoisotopic (exact) mass is 771 g/mol. The van der Waals surface area contributed by atoms with Gasteiger partial charge in [-0.1, -0.05) is 177 Å². The number of fused-ring (bicyclic) bond motifs is 4. The Balaban J connectivity index is 0.995. The lowest BCUT2D eigenvalue weighted by Gasteiger charge is -2.42. The van der Waals surface area contributed by atoms with Crippen LogP contribution in [-0.2, 0) is 0 Å². The van der Waals surface area contributed by atoms with Crippen molar-refractivity contribution >= 4 is 44.1 Å². The number of para-hydroxylation sites is 1. The van der Waals surface area contributed by atoms with Gasteiger partial charge in [-0.05, 0) is 122 Å². The SMILES string of the molecule is c1ccc(-c2ccc(-c3ccc(N(c4ccc(-c5cccc6ccccc56)cc4)C4CCCCC4c4ccccc4)cc3)cc2-c2ccc3oc4ccccc4c3c2)cc1. The maximum atomic E-state index is 6.23. The van der Waals surface area contributed by atoms with Crippen molar-refractivity contribution < 1.29 is 4.42 Å². The van der Waals surface area contributed by atoms with Crippen molar-refractivity contribution in [3.63, 3.8) is 0 Å². The van der Waals surface area contributed by atoms with E-state index in [0.29, 0.717) is 12.0 Å². The highest BCUT2D eigenvalue weighted by molar-refractivity contribution is 6.07. The quantitative estimate of drug-likeness (QED) is 0.153. The van der Waals surface area contributed by atoms with Crippen molar-refractivity contribution in [2.24, 2.45) is 0 Å². The van der Waals surface area contributed by atoms with Gasteiger partial charge in [0.05, 0.1) is 0 Å². The number of anilines is 2. The van der Waals surface area contributed by atoms with Gasteiger partial charge in [-0.2, -0.15) is 0 Å². The van der Waals surface area contributed by atoms with Crippen LogP contribution in [0.2, 0.25) is 0 Å². The smallest absolute Gasteiger partial charge is 0.135 e. The molecule has 2 heteroatoms. The molecule has 1 heterocycles. The molecule has 0 radical (unpaired) electrons. The normalized spacial score (nSPS) is 15.4. The number of benzene rings is 9. The Kier molecular flexibility index (Phi) is 9.32. The van der Waals surface area contributed by atoms with Crippen molar-refractivity contribution in [1.82, 2.24) is 0 Å². The van der Waals surface area contributed by atoms with Crippen molar-refractivity contribution in [2.75, 3.05) is 4.90 Å². The molecule has 0 saturated heterocycles. The van der Waals surface area contributed by atoms with E-state index in [1.54, 1.807) is 0 Å². The number of rotatable bonds is 8. The summed E-state index contributed by atoms with van der Waals surface area (Å²) in [7, 11) is 0. The number of nitrogens with zero attached hydrogens (tertiary/aromatic N) is 1. The molecule has 0 amide bonds. The van der Waals surface area contributed by atoms with E-state index in [1.165, 1.54) is 91.5 Å². The fourth-order valence-electron chi connectivity index (χ4n) is 9.86. The summed E-state index contributed by atoms with van der Waals surface area (Å²) in [5, 5.41) is 4.83. The van der Waals surface area contributed by atoms with Crippen LogP contribution in [0, 0.1) is 0 Å². The van der Waals surface area contributed by atoms with Crippen LogP contribution in [0.3, 0.4) is 0 Å². The standard InChI is InChI=1S/C58H45NO/c1-3-14-41(15-4-1)51-36-30-45(38-54(51)46-31-37-58-55(39-46)53-22-10-12-25-57(53)60-58)40-26-32-47(33-27-40)59(56-24-11-9-21-52(56)43-16-5-2-6-17-43)48-34-28-44(29-35-48)50-23-13-19-42-18-7-8-20-49(42)50/h1-8,10,12-20,22-23,25-39,52,56H,9,11,21,24H2. The van der Waals surface area contributed by atoms with E-state index in [1.807, 2.05) is 12.1 Å². The Hall–Kier alpha value is -7.16. The van der Waals surface area contributed by atoms with Crippen LogP contribution in [0.15, 0.2) is 217 Å². The fourth-order valence-corrected chi connectivity index (χ4v) is 9.86. The molecule has 2 unspecified atom stereocenters. The second kappa shape index (κ2) is 15.5. The van der Waals surface area contributed by atoms with Gasteiger partial charge in [0.2, 0.25) is 0 Å². The molecule has 288 valence electrons. The summed E-state index contributed by atoms with van der Waals surface area (Å²) in [5.41, 5.74) is 15.4. The zero-order chi connectivity index (χ0) is 39.8. The van der Waals surface area contributed by atoms with Crippen LogP contribution in [0.4, 0.5) is 11.4 Å². The predicted molar refractivity (Wildman–Crippen MR) is 253 cm³/mol. The maximum absolute atomic E-state index is 6.23. The first kappa shape index (κ1) is 36.0. The van der Waals surface area contributed by atoms with E-state index in [9.17, 15) is 0 Å². The van der Waals surface area contributed by atoms with E-state index in [4.69, 9.17) is 4.42 Å². The van der Waals surface area contributed by atoms with E-state index in [2.05, 4.69) is 205 Å². The van der Waals surface area contributed by atoms with E-state index in [0.717, 1.165) is 28.4 Å². The van der Waals surface area contributed by atoms with Gasteiger partial charge >= 0.3 is 0 Å². The minimum atomic E-state index is 0.334. The molecule has 1 saturated carbocycles. The molecule has 0 spiro atoms. The van der Waals surface area contributed by atoms with Crippen LogP contribution in [0.1, 0.15) is 37.2 Å². The molecule has 1 fully saturated rings. The van der Waals surface area contributed by atoms with E-state index < -0.39 is 0 Å². The van der Waals surface area contributed by atoms with Gasteiger partial charge in [-0.25, -0.2) is 0 Å². The van der Waals surface area contributed by atoms with E-state index in [-0.39, 0.29) is 0 Å². The van der Waals surface area contributed by atoms with Gasteiger partial charge in [0.15, 0.2) is 0 Å². The molecule has 1 aliphatic rings. The lowest BCUT2D eigenvalue weighted by Crippen LogP contribution is -2.38. The highest BCUT2D eigenvalue weighted by Crippen LogP contribution is 2.44. The largest absolute Gasteiger partial charge is 0.456 e. The lowest BCUT2D eigenvalue weighted by atomic mass is 9.78. The molecule has 0 bridgehead atoms. The molecular formula is C58H45NO. The molecule has 11 rings (SSSR count). The second-order valence-corrected chi connectivity index (χ2v) is 16.3. The maximum Gasteiger partial charge on any atom is 0.135 e. The summed E-state index contributed by atoms with van der Waals surface area (Å²) in [4.78, 5) is 2.64. The second-order valence-electron chi connectivity index (χ2n) is 16.3. The number of hydrogen-bond acceptors (Lipinski definition) is 2. The van der Waals surface area contributed by atoms with Gasteiger partial charge < -0.3 is 9.32 Å². The van der Waals surface area contributed by atoms with Crippen molar-refractivity contribution in [2.45, 2.75) is 37.6 Å². The Morgan fingerprint density at radius 3 is 1.77 bits per heavy atom. The zero-order valence-electron chi connectivity index (χ0n) is 33.5. The zero-order valence-corrected chi connectivity index (χ0v) is 33.5. The van der Waals surface area contributed by atoms with Crippen molar-refractivity contribution in [3.8, 4) is 44.5 Å². The Morgan fingerprint density at radius 1 is 0.367 bits per heavy atom. The first-order chi connectivity index (χ1) is 29.7. The molecule has 10 aromatic rings. The summed E-state index contributed by atoms with van der Waals surface area (Å²) in [5.74, 6) is 0.440. The molecule has 1 aliphatic carbocycles. The van der Waals surface area contributed by atoms with Crippen LogP contribution in [0.25, 0.3) is 77.2 Å². The van der Waals surface area contributed by atoms with Gasteiger partial charge in [-0.3, -0.25) is 0 Å². The molecule has 9 aromatic carbocycles. The van der Waals surface area contributed by atoms with Crippen LogP contribution in [-0.4, -0.2) is 6.04 Å². The highest BCUT2D eigenvalue weighted by Gasteiger charge is 2.32. The molecule has 2 atom stereocenters.